The van der Waals surface area contributed by atoms with E-state index in [2.05, 4.69) is 20.4 Å². The van der Waals surface area contributed by atoms with Gasteiger partial charge in [0.25, 0.3) is 0 Å². The van der Waals surface area contributed by atoms with Crippen LogP contribution in [0.25, 0.3) is 11.3 Å². The Bertz CT molecular complexity index is 1060. The number of para-hydroxylation sites is 1. The van der Waals surface area contributed by atoms with E-state index in [9.17, 15) is 18.4 Å². The molecular formula is C21H19F2N3O3S2. The number of thioether (sulfide) groups is 1. The van der Waals surface area contributed by atoms with Gasteiger partial charge >= 0.3 is 6.61 Å². The Balaban J connectivity index is 1.63. The molecule has 6 nitrogen and oxygen atoms in total. The van der Waals surface area contributed by atoms with Crippen molar-refractivity contribution in [2.75, 3.05) is 10.6 Å². The number of carbonyl (C=O) groups is 2. The molecule has 1 aromatic heterocycles. The van der Waals surface area contributed by atoms with Gasteiger partial charge in [-0.15, -0.1) is 23.1 Å². The minimum atomic E-state index is -2.94. The molecule has 2 N–H and O–H groups in total. The molecule has 0 aliphatic rings. The summed E-state index contributed by atoms with van der Waals surface area (Å²) < 4.78 is 29.8. The van der Waals surface area contributed by atoms with Crippen LogP contribution in [0.3, 0.4) is 0 Å². The van der Waals surface area contributed by atoms with Crippen molar-refractivity contribution < 1.29 is 23.1 Å². The van der Waals surface area contributed by atoms with E-state index in [0.717, 1.165) is 4.90 Å². The zero-order valence-corrected chi connectivity index (χ0v) is 18.2. The molecule has 1 unspecified atom stereocenters. The number of hydrogen-bond acceptors (Lipinski definition) is 6. The van der Waals surface area contributed by atoms with Crippen LogP contribution in [0.4, 0.5) is 19.6 Å². The topological polar surface area (TPSA) is 80.3 Å². The van der Waals surface area contributed by atoms with Gasteiger partial charge in [0.05, 0.1) is 10.9 Å². The van der Waals surface area contributed by atoms with E-state index < -0.39 is 11.9 Å². The van der Waals surface area contributed by atoms with Crippen molar-refractivity contribution in [2.45, 2.75) is 30.6 Å². The Morgan fingerprint density at radius 1 is 1.10 bits per heavy atom. The van der Waals surface area contributed by atoms with Crippen LogP contribution >= 0.6 is 23.1 Å². The first-order valence-corrected chi connectivity index (χ1v) is 10.9. The molecule has 1 heterocycles. The van der Waals surface area contributed by atoms with E-state index in [0.29, 0.717) is 22.1 Å². The van der Waals surface area contributed by atoms with Gasteiger partial charge < -0.3 is 15.4 Å². The van der Waals surface area contributed by atoms with Crippen LogP contribution in [0.1, 0.15) is 13.8 Å². The van der Waals surface area contributed by atoms with E-state index in [4.69, 9.17) is 0 Å². The van der Waals surface area contributed by atoms with Crippen molar-refractivity contribution in [3.05, 3.63) is 53.9 Å². The first kappa shape index (κ1) is 22.7. The standard InChI is InChI=1S/C21H19F2N3O3S2/c1-12(31-15-9-7-14(8-10-15)24-13(2)27)19(28)26-21-25-17(11-30-21)16-5-3-4-6-18(16)29-20(22)23/h3-12,20H,1-2H3,(H,24,27)(H,25,26,28). The maximum absolute atomic E-state index is 12.6. The molecule has 3 aromatic rings. The molecule has 0 spiro atoms. The number of halogens is 2. The third kappa shape index (κ3) is 6.50. The maximum Gasteiger partial charge on any atom is 0.387 e. The number of carbonyl (C=O) groups excluding carboxylic acids is 2. The number of nitrogens with zero attached hydrogens (tertiary/aromatic N) is 1. The molecular weight excluding hydrogens is 444 g/mol. The summed E-state index contributed by atoms with van der Waals surface area (Å²) in [5.41, 5.74) is 1.53. The van der Waals surface area contributed by atoms with Gasteiger partial charge in [-0.05, 0) is 43.3 Å². The highest BCUT2D eigenvalue weighted by Crippen LogP contribution is 2.33. The second kappa shape index (κ2) is 10.4. The largest absolute Gasteiger partial charge is 0.434 e. The number of thiazole rings is 1. The Morgan fingerprint density at radius 3 is 2.48 bits per heavy atom. The predicted molar refractivity (Wildman–Crippen MR) is 119 cm³/mol. The van der Waals surface area contributed by atoms with Gasteiger partial charge in [-0.25, -0.2) is 4.98 Å². The summed E-state index contributed by atoms with van der Waals surface area (Å²) in [5.74, 6) is -0.374. The third-order valence-corrected chi connectivity index (χ3v) is 5.84. The number of nitrogens with one attached hydrogen (secondary N) is 2. The van der Waals surface area contributed by atoms with Crippen molar-refractivity contribution in [1.29, 1.82) is 0 Å². The zero-order valence-electron chi connectivity index (χ0n) is 16.6. The van der Waals surface area contributed by atoms with Crippen LogP contribution in [-0.4, -0.2) is 28.7 Å². The normalized spacial score (nSPS) is 11.8. The highest BCUT2D eigenvalue weighted by atomic mass is 32.2. The first-order valence-electron chi connectivity index (χ1n) is 9.16. The van der Waals surface area contributed by atoms with E-state index in [-0.39, 0.29) is 17.6 Å². The van der Waals surface area contributed by atoms with Gasteiger partial charge in [0.2, 0.25) is 11.8 Å². The lowest BCUT2D eigenvalue weighted by Gasteiger charge is -2.11. The number of benzene rings is 2. The summed E-state index contributed by atoms with van der Waals surface area (Å²) in [6.07, 6.45) is 0. The first-order chi connectivity index (χ1) is 14.8. The van der Waals surface area contributed by atoms with Crippen molar-refractivity contribution >= 4 is 45.7 Å². The van der Waals surface area contributed by atoms with E-state index in [1.165, 1.54) is 36.1 Å². The lowest BCUT2D eigenvalue weighted by molar-refractivity contribution is -0.115. The summed E-state index contributed by atoms with van der Waals surface area (Å²) in [7, 11) is 0. The lowest BCUT2D eigenvalue weighted by atomic mass is 10.1. The fourth-order valence-corrected chi connectivity index (χ4v) is 4.20. The van der Waals surface area contributed by atoms with Crippen molar-refractivity contribution in [3.63, 3.8) is 0 Å². The molecule has 1 atom stereocenters. The van der Waals surface area contributed by atoms with Crippen LogP contribution < -0.4 is 15.4 Å². The van der Waals surface area contributed by atoms with Crippen LogP contribution in [0, 0.1) is 0 Å². The molecule has 0 bridgehead atoms. The predicted octanol–water partition coefficient (Wildman–Crippen LogP) is 5.49. The molecule has 0 aliphatic heterocycles. The smallest absolute Gasteiger partial charge is 0.387 e. The van der Waals surface area contributed by atoms with Gasteiger partial charge in [0.1, 0.15) is 5.75 Å². The third-order valence-electron chi connectivity index (χ3n) is 3.97. The maximum atomic E-state index is 12.6. The Hall–Kier alpha value is -2.98. The molecule has 0 fully saturated rings. The minimum absolute atomic E-state index is 0.0207. The minimum Gasteiger partial charge on any atom is -0.434 e. The summed E-state index contributed by atoms with van der Waals surface area (Å²) >= 11 is 2.56. The van der Waals surface area contributed by atoms with Crippen molar-refractivity contribution in [2.24, 2.45) is 0 Å². The van der Waals surface area contributed by atoms with Gasteiger partial charge in [-0.1, -0.05) is 12.1 Å². The summed E-state index contributed by atoms with van der Waals surface area (Å²) in [5, 5.41) is 7.06. The molecule has 10 heteroatoms. The second-order valence-corrected chi connectivity index (χ2v) is 8.64. The number of hydrogen-bond donors (Lipinski definition) is 2. The lowest BCUT2D eigenvalue weighted by Crippen LogP contribution is -2.22. The average molecular weight is 464 g/mol. The monoisotopic (exact) mass is 463 g/mol. The molecule has 2 aromatic carbocycles. The van der Waals surface area contributed by atoms with Gasteiger partial charge in [-0.3, -0.25) is 9.59 Å². The molecule has 0 radical (unpaired) electrons. The molecule has 0 saturated heterocycles. The summed E-state index contributed by atoms with van der Waals surface area (Å²) in [6.45, 7) is 0.259. The van der Waals surface area contributed by atoms with Gasteiger partial charge in [0, 0.05) is 28.5 Å². The Morgan fingerprint density at radius 2 is 1.81 bits per heavy atom. The number of rotatable bonds is 8. The number of ether oxygens (including phenoxy) is 1. The fourth-order valence-electron chi connectivity index (χ4n) is 2.62. The average Bonchev–Trinajstić information content (AvgIpc) is 3.17. The number of aromatic nitrogens is 1. The summed E-state index contributed by atoms with van der Waals surface area (Å²) in [6, 6.07) is 13.5. The summed E-state index contributed by atoms with van der Waals surface area (Å²) in [4.78, 5) is 28.8. The zero-order chi connectivity index (χ0) is 22.4. The molecule has 2 amide bonds. The Labute approximate surface area is 186 Å². The second-order valence-electron chi connectivity index (χ2n) is 6.37. The van der Waals surface area contributed by atoms with E-state index in [1.807, 2.05) is 12.1 Å². The molecule has 31 heavy (non-hydrogen) atoms. The number of alkyl halides is 2. The molecule has 0 aliphatic carbocycles. The molecule has 3 rings (SSSR count). The van der Waals surface area contributed by atoms with Crippen LogP contribution in [0.15, 0.2) is 58.8 Å². The van der Waals surface area contributed by atoms with Crippen LogP contribution in [0.5, 0.6) is 5.75 Å². The van der Waals surface area contributed by atoms with Crippen LogP contribution in [-0.2, 0) is 9.59 Å². The van der Waals surface area contributed by atoms with E-state index in [1.54, 1.807) is 42.6 Å². The molecule has 0 saturated carbocycles. The van der Waals surface area contributed by atoms with Crippen molar-refractivity contribution in [1.82, 2.24) is 4.98 Å². The fraction of sp³-hybridized carbons (Fsp3) is 0.190. The Kier molecular flexibility index (Phi) is 7.59. The quantitative estimate of drug-likeness (QED) is 0.432. The SMILES string of the molecule is CC(=O)Nc1ccc(SC(C)C(=O)Nc2nc(-c3ccccc3OC(F)F)cs2)cc1. The molecule has 162 valence electrons. The van der Waals surface area contributed by atoms with Gasteiger partial charge in [-0.2, -0.15) is 8.78 Å². The number of anilines is 2. The number of amides is 2. The van der Waals surface area contributed by atoms with Gasteiger partial charge in [0.15, 0.2) is 5.13 Å². The van der Waals surface area contributed by atoms with E-state index >= 15 is 0 Å². The van der Waals surface area contributed by atoms with Crippen molar-refractivity contribution in [3.8, 4) is 17.0 Å². The van der Waals surface area contributed by atoms with Crippen LogP contribution in [0.2, 0.25) is 0 Å². The highest BCUT2D eigenvalue weighted by Gasteiger charge is 2.18. The highest BCUT2D eigenvalue weighted by molar-refractivity contribution is 8.00.